The van der Waals surface area contributed by atoms with E-state index >= 15 is 0 Å². The summed E-state index contributed by atoms with van der Waals surface area (Å²) in [5.41, 5.74) is 1.12. The molecule has 2 aromatic rings. The predicted molar refractivity (Wildman–Crippen MR) is 83.9 cm³/mol. The zero-order valence-electron chi connectivity index (χ0n) is 10.0. The molecule has 0 saturated heterocycles. The second kappa shape index (κ2) is 6.19. The Labute approximate surface area is 132 Å². The highest BCUT2D eigenvalue weighted by atomic mass is 127. The summed E-state index contributed by atoms with van der Waals surface area (Å²) in [4.78, 5) is 0. The van der Waals surface area contributed by atoms with E-state index in [2.05, 4.69) is 38.5 Å². The van der Waals surface area contributed by atoms with Crippen molar-refractivity contribution in [2.24, 2.45) is 0 Å². The summed E-state index contributed by atoms with van der Waals surface area (Å²) < 4.78 is 20.3. The number of aliphatic hydroxyl groups excluding tert-OH is 1. The van der Waals surface area contributed by atoms with Gasteiger partial charge >= 0.3 is 0 Å². The van der Waals surface area contributed by atoms with E-state index in [0.29, 0.717) is 16.9 Å². The highest BCUT2D eigenvalue weighted by molar-refractivity contribution is 14.1. The lowest BCUT2D eigenvalue weighted by Gasteiger charge is -2.17. The average molecular weight is 437 g/mol. The number of hydrogen-bond acceptors (Lipinski definition) is 2. The fourth-order valence-corrected chi connectivity index (χ4v) is 2.82. The van der Waals surface area contributed by atoms with Crippen molar-refractivity contribution >= 4 is 38.5 Å². The lowest BCUT2D eigenvalue weighted by Crippen LogP contribution is -2.05. The molecule has 0 heterocycles. The van der Waals surface area contributed by atoms with Crippen LogP contribution >= 0.6 is 38.5 Å². The van der Waals surface area contributed by atoms with Gasteiger partial charge < -0.3 is 9.84 Å². The number of ether oxygens (including phenoxy) is 1. The standard InChI is InChI=1S/C14H11BrFIO2/c1-19-13-5-3-9(16)7-11(13)14(18)10-6-8(15)2-4-12(10)17/h2-7,14,18H,1H3. The monoisotopic (exact) mass is 436 g/mol. The zero-order chi connectivity index (χ0) is 14.0. The number of halogens is 3. The van der Waals surface area contributed by atoms with Crippen LogP contribution in [0.1, 0.15) is 17.2 Å². The highest BCUT2D eigenvalue weighted by Crippen LogP contribution is 2.33. The number of hydrogen-bond donors (Lipinski definition) is 1. The van der Waals surface area contributed by atoms with Crippen LogP contribution in [0.3, 0.4) is 0 Å². The van der Waals surface area contributed by atoms with Crippen molar-refractivity contribution in [1.29, 1.82) is 0 Å². The molecule has 2 nitrogen and oxygen atoms in total. The maximum Gasteiger partial charge on any atom is 0.125 e. The minimum Gasteiger partial charge on any atom is -0.496 e. The summed E-state index contributed by atoms with van der Waals surface area (Å²) in [5, 5.41) is 10.5. The Hall–Kier alpha value is -0.660. The molecule has 0 bridgehead atoms. The fourth-order valence-electron chi connectivity index (χ4n) is 1.81. The number of benzene rings is 2. The van der Waals surface area contributed by atoms with Crippen molar-refractivity contribution in [2.75, 3.05) is 7.11 Å². The SMILES string of the molecule is COc1ccc(F)cc1C(O)c1cc(Br)ccc1I. The van der Waals surface area contributed by atoms with Crippen LogP contribution in [0.4, 0.5) is 4.39 Å². The topological polar surface area (TPSA) is 29.5 Å². The zero-order valence-corrected chi connectivity index (χ0v) is 13.8. The Balaban J connectivity index is 2.51. The van der Waals surface area contributed by atoms with E-state index in [9.17, 15) is 9.50 Å². The fraction of sp³-hybridized carbons (Fsp3) is 0.143. The molecule has 0 fully saturated rings. The van der Waals surface area contributed by atoms with E-state index in [-0.39, 0.29) is 0 Å². The van der Waals surface area contributed by atoms with Gasteiger partial charge in [-0.25, -0.2) is 4.39 Å². The normalized spacial score (nSPS) is 12.3. The first kappa shape index (κ1) is 14.7. The largest absolute Gasteiger partial charge is 0.496 e. The van der Waals surface area contributed by atoms with Crippen LogP contribution in [0.25, 0.3) is 0 Å². The van der Waals surface area contributed by atoms with Crippen LogP contribution in [0, 0.1) is 9.39 Å². The molecule has 100 valence electrons. The Morgan fingerprint density at radius 2 is 1.95 bits per heavy atom. The van der Waals surface area contributed by atoms with E-state index in [0.717, 1.165) is 8.04 Å². The molecule has 2 rings (SSSR count). The molecule has 0 aliphatic heterocycles. The first-order valence-corrected chi connectivity index (χ1v) is 7.36. The van der Waals surface area contributed by atoms with Crippen LogP contribution in [0.2, 0.25) is 0 Å². The molecule has 0 spiro atoms. The molecule has 0 saturated carbocycles. The second-order valence-electron chi connectivity index (χ2n) is 3.95. The summed E-state index contributed by atoms with van der Waals surface area (Å²) in [5.74, 6) is 0.0598. The van der Waals surface area contributed by atoms with Crippen molar-refractivity contribution in [3.8, 4) is 5.75 Å². The lowest BCUT2D eigenvalue weighted by molar-refractivity contribution is 0.213. The third kappa shape index (κ3) is 3.27. The minimum atomic E-state index is -0.935. The van der Waals surface area contributed by atoms with Crippen molar-refractivity contribution in [2.45, 2.75) is 6.10 Å². The molecular formula is C14H11BrFIO2. The van der Waals surface area contributed by atoms with E-state index in [1.54, 1.807) is 0 Å². The van der Waals surface area contributed by atoms with Gasteiger partial charge in [0.15, 0.2) is 0 Å². The van der Waals surface area contributed by atoms with Gasteiger partial charge in [-0.05, 0) is 64.6 Å². The summed E-state index contributed by atoms with van der Waals surface area (Å²) >= 11 is 5.50. The van der Waals surface area contributed by atoms with Crippen LogP contribution in [0.15, 0.2) is 40.9 Å². The van der Waals surface area contributed by atoms with Gasteiger partial charge in [0.05, 0.1) is 7.11 Å². The second-order valence-corrected chi connectivity index (χ2v) is 6.03. The molecule has 0 aliphatic carbocycles. The van der Waals surface area contributed by atoms with Gasteiger partial charge in [-0.3, -0.25) is 0 Å². The molecule has 0 radical (unpaired) electrons. The van der Waals surface area contributed by atoms with Gasteiger partial charge in [0, 0.05) is 13.6 Å². The molecule has 2 aromatic carbocycles. The van der Waals surface area contributed by atoms with Crippen molar-refractivity contribution < 1.29 is 14.2 Å². The van der Waals surface area contributed by atoms with Gasteiger partial charge in [0.2, 0.25) is 0 Å². The molecule has 1 atom stereocenters. The predicted octanol–water partition coefficient (Wildman–Crippen LogP) is 4.28. The van der Waals surface area contributed by atoms with E-state index < -0.39 is 11.9 Å². The Kier molecular flexibility index (Phi) is 4.81. The van der Waals surface area contributed by atoms with Crippen LogP contribution in [-0.2, 0) is 0 Å². The lowest BCUT2D eigenvalue weighted by atomic mass is 10.0. The molecule has 1 N–H and O–H groups in total. The molecule has 5 heteroatoms. The maximum absolute atomic E-state index is 13.4. The number of rotatable bonds is 3. The van der Waals surface area contributed by atoms with Gasteiger partial charge in [-0.2, -0.15) is 0 Å². The van der Waals surface area contributed by atoms with Crippen molar-refractivity contribution in [3.63, 3.8) is 0 Å². The molecule has 1 unspecified atom stereocenters. The van der Waals surface area contributed by atoms with Crippen LogP contribution in [0.5, 0.6) is 5.75 Å². The molecular weight excluding hydrogens is 426 g/mol. The summed E-state index contributed by atoms with van der Waals surface area (Å²) in [6, 6.07) is 9.70. The van der Waals surface area contributed by atoms with Crippen LogP contribution < -0.4 is 4.74 Å². The van der Waals surface area contributed by atoms with Crippen molar-refractivity contribution in [1.82, 2.24) is 0 Å². The number of methoxy groups -OCH3 is 1. The smallest absolute Gasteiger partial charge is 0.125 e. The molecule has 0 amide bonds. The summed E-state index contributed by atoms with van der Waals surface area (Å²) in [6.07, 6.45) is -0.935. The van der Waals surface area contributed by atoms with Gasteiger partial charge in [0.25, 0.3) is 0 Å². The Bertz CT molecular complexity index is 604. The summed E-state index contributed by atoms with van der Waals surface area (Å²) in [7, 11) is 1.50. The third-order valence-corrected chi connectivity index (χ3v) is 4.21. The maximum atomic E-state index is 13.4. The Morgan fingerprint density at radius 3 is 2.63 bits per heavy atom. The Morgan fingerprint density at radius 1 is 1.21 bits per heavy atom. The first-order chi connectivity index (χ1) is 9.02. The third-order valence-electron chi connectivity index (χ3n) is 2.74. The highest BCUT2D eigenvalue weighted by Gasteiger charge is 2.19. The minimum absolute atomic E-state index is 0.403. The summed E-state index contributed by atoms with van der Waals surface area (Å²) in [6.45, 7) is 0. The van der Waals surface area contributed by atoms with Gasteiger partial charge in [-0.1, -0.05) is 15.9 Å². The average Bonchev–Trinajstić information content (AvgIpc) is 2.40. The first-order valence-electron chi connectivity index (χ1n) is 5.49. The molecule has 0 aromatic heterocycles. The quantitative estimate of drug-likeness (QED) is 0.727. The molecule has 19 heavy (non-hydrogen) atoms. The van der Waals surface area contributed by atoms with E-state index in [4.69, 9.17) is 4.74 Å². The van der Waals surface area contributed by atoms with Gasteiger partial charge in [-0.15, -0.1) is 0 Å². The van der Waals surface area contributed by atoms with Gasteiger partial charge in [0.1, 0.15) is 17.7 Å². The van der Waals surface area contributed by atoms with Crippen LogP contribution in [-0.4, -0.2) is 12.2 Å². The van der Waals surface area contributed by atoms with E-state index in [1.165, 1.54) is 25.3 Å². The van der Waals surface area contributed by atoms with Crippen molar-refractivity contribution in [3.05, 3.63) is 61.4 Å². The number of aliphatic hydroxyl groups is 1. The van der Waals surface area contributed by atoms with E-state index in [1.807, 2.05) is 18.2 Å². The molecule has 0 aliphatic rings.